The molecule has 30 nitrogen and oxygen atoms in total. The highest BCUT2D eigenvalue weighted by molar-refractivity contribution is 6.11. The summed E-state index contributed by atoms with van der Waals surface area (Å²) in [6.45, 7) is 11.8. The van der Waals surface area contributed by atoms with E-state index in [1.165, 1.54) is 46.8 Å². The lowest BCUT2D eigenvalue weighted by Gasteiger charge is -2.46. The Kier molecular flexibility index (Phi) is 22.9. The Labute approximate surface area is 517 Å². The number of carboxylic acid groups (broad SMARTS) is 2. The van der Waals surface area contributed by atoms with E-state index in [9.17, 15) is 69.9 Å². The van der Waals surface area contributed by atoms with Gasteiger partial charge in [0.2, 0.25) is 6.29 Å². The van der Waals surface area contributed by atoms with Crippen LogP contribution < -0.4 is 4.74 Å². The van der Waals surface area contributed by atoms with Crippen LogP contribution in [0.15, 0.2) is 12.1 Å². The summed E-state index contributed by atoms with van der Waals surface area (Å²) in [5.41, 5.74) is -1.79. The molecule has 25 atom stereocenters. The number of carbonyl (C=O) groups is 6. The molecule has 0 aromatic heterocycles. The Balaban J connectivity index is 1.05. The number of esters is 2. The Morgan fingerprint density at radius 2 is 1.11 bits per heavy atom. The number of Topliss-reactive ketones (excluding diaryl/α,β-unsaturated/α-hetero) is 2. The van der Waals surface area contributed by atoms with Crippen molar-refractivity contribution < 1.29 is 147 Å². The van der Waals surface area contributed by atoms with Crippen molar-refractivity contribution in [3.63, 3.8) is 0 Å². The van der Waals surface area contributed by atoms with Crippen molar-refractivity contribution in [3.05, 3.63) is 28.8 Å². The fraction of sp³-hybridized carbons (Fsp3) is 0.733. The van der Waals surface area contributed by atoms with Crippen LogP contribution in [0.4, 0.5) is 0 Å². The van der Waals surface area contributed by atoms with Crippen molar-refractivity contribution in [2.75, 3.05) is 7.11 Å². The first-order chi connectivity index (χ1) is 42.3. The predicted octanol–water partition coefficient (Wildman–Crippen LogP) is 0.582. The molecule has 0 unspecified atom stereocenters. The van der Waals surface area contributed by atoms with E-state index in [1.807, 2.05) is 0 Å². The number of rotatable bonds is 23. The van der Waals surface area contributed by atoms with E-state index in [4.69, 9.17) is 71.8 Å². The second kappa shape index (κ2) is 29.3. The normalized spacial score (nSPS) is 37.5. The van der Waals surface area contributed by atoms with Gasteiger partial charge in [-0.05, 0) is 84.9 Å². The Morgan fingerprint density at radius 1 is 0.644 bits per heavy atom. The third kappa shape index (κ3) is 16.0. The largest absolute Gasteiger partial charge is 0.507 e. The monoisotopic (exact) mass is 1280 g/mol. The van der Waals surface area contributed by atoms with Crippen LogP contribution in [0.1, 0.15) is 128 Å². The molecule has 0 amide bonds. The smallest absolute Gasteiger partial charge is 0.306 e. The Hall–Kier alpha value is -5.36. The van der Waals surface area contributed by atoms with E-state index in [-0.39, 0.29) is 71.7 Å². The standard InChI is InChI=1S/C60H84O30/c1-22-32(86-41-18-34(50(69)24(3)80-41)87-42-17-33(49(68)23(2)81-42)85-40(66)13-11-38(63)64)16-30-14-29-15-31(57(78-9)56(75)53(72)27(6)79-39(65)12-10-37(61)62)58(55(74)47(29)54(73)46(30)48(22)67)90-44-20-35(51(70)26(5)83-44)88-43-19-36(52(71)25(4)82-43)89-45-21-60(8,77)59(76)28(7)84-45/h14,16,23-28,31,33-36,41-45,49-53,57-59,67-73,76-77H,10-13,15,17-21H2,1-9H3,(H,61,62)(H,63,64)/t23-,24-,25-,26-,27-,28-,31+,33-,34-,35-,36-,41+,42+,43+,44+,45+,49-,50-,51-,52+,53+,57+,58+,59-,60+/m1/s1. The van der Waals surface area contributed by atoms with E-state index >= 15 is 4.79 Å². The van der Waals surface area contributed by atoms with Crippen LogP contribution in [0.3, 0.4) is 0 Å². The summed E-state index contributed by atoms with van der Waals surface area (Å²) < 4.78 is 77.7. The van der Waals surface area contributed by atoms with E-state index in [0.717, 1.165) is 7.11 Å². The topological polar surface area (TPSA) is 445 Å². The van der Waals surface area contributed by atoms with Gasteiger partial charge in [-0.25, -0.2) is 0 Å². The maximum Gasteiger partial charge on any atom is 0.306 e. The molecule has 0 radical (unpaired) electrons. The molecule has 90 heavy (non-hydrogen) atoms. The number of fused-ring (bicyclic) bond motifs is 2. The number of ketones is 2. The van der Waals surface area contributed by atoms with Crippen LogP contribution in [0.2, 0.25) is 0 Å². The maximum atomic E-state index is 15.3. The average molecular weight is 1290 g/mol. The number of hydrogen-bond acceptors (Lipinski definition) is 28. The molecule has 6 aliphatic rings. The number of aliphatic hydroxyl groups excluding tert-OH is 6. The molecule has 5 fully saturated rings. The predicted molar refractivity (Wildman–Crippen MR) is 300 cm³/mol. The van der Waals surface area contributed by atoms with Crippen molar-refractivity contribution >= 4 is 46.2 Å². The number of methoxy groups -OCH3 is 1. The van der Waals surface area contributed by atoms with Gasteiger partial charge in [0, 0.05) is 50.7 Å². The van der Waals surface area contributed by atoms with Gasteiger partial charge in [0.25, 0.3) is 0 Å². The van der Waals surface area contributed by atoms with Crippen molar-refractivity contribution in [3.8, 4) is 17.2 Å². The number of carbonyl (C=O) groups excluding carboxylic acids is 4. The van der Waals surface area contributed by atoms with Crippen LogP contribution in [0, 0.1) is 12.8 Å². The summed E-state index contributed by atoms with van der Waals surface area (Å²) in [7, 11) is 1.11. The molecule has 11 N–H and O–H groups in total. The lowest BCUT2D eigenvalue weighted by molar-refractivity contribution is -0.334. The van der Waals surface area contributed by atoms with Crippen LogP contribution in [-0.4, -0.2) is 246 Å². The minimum atomic E-state index is -2.12. The van der Waals surface area contributed by atoms with E-state index < -0.39 is 225 Å². The number of aliphatic hydroxyl groups is 7. The first-order valence-electron chi connectivity index (χ1n) is 30.1. The Bertz CT molecular complexity index is 2900. The molecule has 0 spiro atoms. The van der Waals surface area contributed by atoms with Gasteiger partial charge in [0.15, 0.2) is 42.8 Å². The zero-order valence-corrected chi connectivity index (χ0v) is 51.3. The second-order valence-electron chi connectivity index (χ2n) is 24.4. The second-order valence-corrected chi connectivity index (χ2v) is 24.4. The van der Waals surface area contributed by atoms with E-state index in [0.29, 0.717) is 0 Å². The number of hydrogen-bond donors (Lipinski definition) is 11. The third-order valence-corrected chi connectivity index (χ3v) is 17.5. The lowest BCUT2D eigenvalue weighted by Crippen LogP contribution is -2.58. The van der Waals surface area contributed by atoms with Crippen molar-refractivity contribution in [2.45, 2.75) is 267 Å². The molecule has 5 heterocycles. The highest BCUT2D eigenvalue weighted by atomic mass is 16.7. The number of phenolic OH excluding ortho intramolecular Hbond substituents is 2. The summed E-state index contributed by atoms with van der Waals surface area (Å²) in [6.07, 6.45) is -32.0. The average Bonchev–Trinajstić information content (AvgIpc) is 0.738. The summed E-state index contributed by atoms with van der Waals surface area (Å²) in [6, 6.07) is 2.89. The van der Waals surface area contributed by atoms with E-state index in [2.05, 4.69) is 0 Å². The minimum absolute atomic E-state index is 0.00300. The van der Waals surface area contributed by atoms with Gasteiger partial charge < -0.3 is 118 Å². The van der Waals surface area contributed by atoms with Gasteiger partial charge >= 0.3 is 23.9 Å². The molecule has 5 aliphatic heterocycles. The SMILES string of the molecule is CO[C@H](C(=O)[C@@H](O)[C@@H](C)OC(=O)CCC(=O)O)[C@@H]1Cc2cc3cc(O[C@H]4C[C@@H](O[C@H]5C[C@@H](OC(=O)CCC(=O)O)[C@H](O)[C@@H](C)O5)[C@H](O)[C@@H](C)O4)c(C)c(O)c3c(O)c2C(=O)[C@H]1O[C@H]1C[C@@H](O[C@H]2C[C@@H](O[C@H]3C[C@](C)(O)[C@H](O)[C@@H](C)O3)[C@@H](O)[C@@H](C)O2)[C@H](O)[C@@H](C)O1. The summed E-state index contributed by atoms with van der Waals surface area (Å²) >= 11 is 0. The molecular formula is C60H84O30. The van der Waals surface area contributed by atoms with Gasteiger partial charge in [-0.15, -0.1) is 0 Å². The molecule has 2 aromatic carbocycles. The number of phenols is 2. The summed E-state index contributed by atoms with van der Waals surface area (Å²) in [4.78, 5) is 77.0. The number of aromatic hydroxyl groups is 2. The zero-order valence-electron chi connectivity index (χ0n) is 51.3. The maximum absolute atomic E-state index is 15.3. The fourth-order valence-electron chi connectivity index (χ4n) is 12.4. The van der Waals surface area contributed by atoms with Gasteiger partial charge in [-0.2, -0.15) is 0 Å². The fourth-order valence-corrected chi connectivity index (χ4v) is 12.4. The van der Waals surface area contributed by atoms with Crippen molar-refractivity contribution in [1.29, 1.82) is 0 Å². The Morgan fingerprint density at radius 3 is 1.63 bits per heavy atom. The molecular weight excluding hydrogens is 1200 g/mol. The van der Waals surface area contributed by atoms with Crippen LogP contribution in [-0.2, 0) is 87.2 Å². The van der Waals surface area contributed by atoms with Gasteiger partial charge in [0.1, 0.15) is 72.2 Å². The molecule has 8 rings (SSSR count). The number of benzene rings is 2. The first-order valence-corrected chi connectivity index (χ1v) is 30.1. The zero-order chi connectivity index (χ0) is 66.1. The number of ether oxygens (including phenoxy) is 13. The number of aliphatic carboxylic acids is 2. The van der Waals surface area contributed by atoms with Crippen LogP contribution >= 0.6 is 0 Å². The van der Waals surface area contributed by atoms with E-state index in [1.54, 1.807) is 20.8 Å². The molecule has 2 aromatic rings. The highest BCUT2D eigenvalue weighted by Gasteiger charge is 2.52. The first kappa shape index (κ1) is 70.5. The third-order valence-electron chi connectivity index (χ3n) is 17.5. The molecule has 0 saturated carbocycles. The van der Waals surface area contributed by atoms with Gasteiger partial charge in [-0.3, -0.25) is 28.8 Å². The molecule has 5 saturated heterocycles. The summed E-state index contributed by atoms with van der Waals surface area (Å²) in [5, 5.41) is 120. The minimum Gasteiger partial charge on any atom is -0.507 e. The van der Waals surface area contributed by atoms with Crippen molar-refractivity contribution in [2.24, 2.45) is 5.92 Å². The highest BCUT2D eigenvalue weighted by Crippen LogP contribution is 2.48. The lowest BCUT2D eigenvalue weighted by atomic mass is 9.75. The van der Waals surface area contributed by atoms with Crippen LogP contribution in [0.25, 0.3) is 10.8 Å². The molecule has 504 valence electrons. The molecule has 0 bridgehead atoms. The molecule has 30 heteroatoms. The van der Waals surface area contributed by atoms with Crippen LogP contribution in [0.5, 0.6) is 17.2 Å². The number of carboxylic acids is 2. The summed E-state index contributed by atoms with van der Waals surface area (Å²) in [5.74, 6) is -9.13. The van der Waals surface area contributed by atoms with Gasteiger partial charge in [-0.1, -0.05) is 0 Å². The van der Waals surface area contributed by atoms with Crippen molar-refractivity contribution in [1.82, 2.24) is 0 Å². The quantitative estimate of drug-likeness (QED) is 0.0678. The molecule has 1 aliphatic carbocycles. The van der Waals surface area contributed by atoms with Gasteiger partial charge in [0.05, 0.1) is 91.1 Å².